The minimum atomic E-state index is 0.600. The van der Waals surface area contributed by atoms with E-state index in [1.54, 1.807) is 6.26 Å². The zero-order chi connectivity index (χ0) is 11.1. The van der Waals surface area contributed by atoms with Gasteiger partial charge in [-0.05, 0) is 52.5 Å². The predicted octanol–water partition coefficient (Wildman–Crippen LogP) is 2.10. The summed E-state index contributed by atoms with van der Waals surface area (Å²) in [5.74, 6) is 1.04. The van der Waals surface area contributed by atoms with Gasteiger partial charge < -0.3 is 9.73 Å². The van der Waals surface area contributed by atoms with Gasteiger partial charge in [0.2, 0.25) is 0 Å². The Labute approximate surface area is 92.5 Å². The highest BCUT2D eigenvalue weighted by Gasteiger charge is 2.10. The second-order valence-electron chi connectivity index (χ2n) is 4.09. The number of hydrogen-bond acceptors (Lipinski definition) is 3. The van der Waals surface area contributed by atoms with E-state index in [9.17, 15) is 0 Å². The SMILES string of the molecule is CNCCCC(C)N(C)Cc1ccco1. The molecule has 1 aromatic heterocycles. The van der Waals surface area contributed by atoms with E-state index in [1.165, 1.54) is 12.8 Å². The summed E-state index contributed by atoms with van der Waals surface area (Å²) in [5, 5.41) is 3.17. The van der Waals surface area contributed by atoms with Gasteiger partial charge in [-0.1, -0.05) is 0 Å². The molecule has 0 saturated heterocycles. The Kier molecular flexibility index (Phi) is 5.43. The molecule has 0 bridgehead atoms. The normalized spacial score (nSPS) is 13.3. The fourth-order valence-corrected chi connectivity index (χ4v) is 1.60. The van der Waals surface area contributed by atoms with Crippen molar-refractivity contribution in [2.45, 2.75) is 32.4 Å². The van der Waals surface area contributed by atoms with Gasteiger partial charge in [-0.3, -0.25) is 4.90 Å². The quantitative estimate of drug-likeness (QED) is 0.699. The Balaban J connectivity index is 2.23. The third kappa shape index (κ3) is 4.49. The largest absolute Gasteiger partial charge is 0.468 e. The summed E-state index contributed by atoms with van der Waals surface area (Å²) in [4.78, 5) is 2.33. The van der Waals surface area contributed by atoms with Crippen molar-refractivity contribution in [3.05, 3.63) is 24.2 Å². The van der Waals surface area contributed by atoms with Crippen LogP contribution in [-0.4, -0.2) is 31.6 Å². The van der Waals surface area contributed by atoms with Gasteiger partial charge in [-0.15, -0.1) is 0 Å². The zero-order valence-corrected chi connectivity index (χ0v) is 9.99. The van der Waals surface area contributed by atoms with E-state index in [1.807, 2.05) is 19.2 Å². The van der Waals surface area contributed by atoms with Crippen molar-refractivity contribution in [2.24, 2.45) is 0 Å². The maximum Gasteiger partial charge on any atom is 0.117 e. The van der Waals surface area contributed by atoms with Crippen LogP contribution in [-0.2, 0) is 6.54 Å². The Bertz CT molecular complexity index is 246. The lowest BCUT2D eigenvalue weighted by Gasteiger charge is -2.23. The van der Waals surface area contributed by atoms with Crippen LogP contribution in [0.25, 0.3) is 0 Å². The average Bonchev–Trinajstić information content (AvgIpc) is 2.70. The lowest BCUT2D eigenvalue weighted by Crippen LogP contribution is -2.29. The summed E-state index contributed by atoms with van der Waals surface area (Å²) in [6.45, 7) is 4.26. The number of furan rings is 1. The molecule has 0 radical (unpaired) electrons. The van der Waals surface area contributed by atoms with Crippen LogP contribution in [0.3, 0.4) is 0 Å². The van der Waals surface area contributed by atoms with Gasteiger partial charge in [0.25, 0.3) is 0 Å². The van der Waals surface area contributed by atoms with E-state index >= 15 is 0 Å². The molecule has 0 spiro atoms. The fourth-order valence-electron chi connectivity index (χ4n) is 1.60. The monoisotopic (exact) mass is 210 g/mol. The molecule has 0 saturated carbocycles. The minimum Gasteiger partial charge on any atom is -0.468 e. The molecule has 86 valence electrons. The molecule has 0 amide bonds. The van der Waals surface area contributed by atoms with Crippen molar-refractivity contribution >= 4 is 0 Å². The molecule has 1 atom stereocenters. The molecule has 1 unspecified atom stereocenters. The molecule has 15 heavy (non-hydrogen) atoms. The van der Waals surface area contributed by atoms with Crippen LogP contribution in [0.4, 0.5) is 0 Å². The van der Waals surface area contributed by atoms with Gasteiger partial charge in [0.1, 0.15) is 5.76 Å². The molecule has 0 aliphatic rings. The maximum atomic E-state index is 5.33. The van der Waals surface area contributed by atoms with Crippen molar-refractivity contribution in [3.63, 3.8) is 0 Å². The lowest BCUT2D eigenvalue weighted by molar-refractivity contribution is 0.217. The van der Waals surface area contributed by atoms with Crippen LogP contribution < -0.4 is 5.32 Å². The number of hydrogen-bond donors (Lipinski definition) is 1. The topological polar surface area (TPSA) is 28.4 Å². The van der Waals surface area contributed by atoms with Crippen molar-refractivity contribution in [2.75, 3.05) is 20.6 Å². The van der Waals surface area contributed by atoms with Crippen LogP contribution in [0.2, 0.25) is 0 Å². The van der Waals surface area contributed by atoms with Crippen LogP contribution >= 0.6 is 0 Å². The van der Waals surface area contributed by atoms with Crippen molar-refractivity contribution < 1.29 is 4.42 Å². The molecule has 1 aromatic rings. The van der Waals surface area contributed by atoms with E-state index < -0.39 is 0 Å². The van der Waals surface area contributed by atoms with Gasteiger partial charge in [0, 0.05) is 6.04 Å². The maximum absolute atomic E-state index is 5.33. The highest BCUT2D eigenvalue weighted by atomic mass is 16.3. The lowest BCUT2D eigenvalue weighted by atomic mass is 10.1. The van der Waals surface area contributed by atoms with E-state index in [4.69, 9.17) is 4.42 Å². The van der Waals surface area contributed by atoms with Gasteiger partial charge in [-0.2, -0.15) is 0 Å². The third-order valence-electron chi connectivity index (χ3n) is 2.79. The summed E-state index contributed by atoms with van der Waals surface area (Å²) >= 11 is 0. The van der Waals surface area contributed by atoms with E-state index in [-0.39, 0.29) is 0 Å². The zero-order valence-electron chi connectivity index (χ0n) is 9.99. The highest BCUT2D eigenvalue weighted by Crippen LogP contribution is 2.09. The molecule has 0 aliphatic carbocycles. The molecule has 0 aliphatic heterocycles. The fraction of sp³-hybridized carbons (Fsp3) is 0.667. The Morgan fingerprint density at radius 2 is 2.33 bits per heavy atom. The Morgan fingerprint density at radius 1 is 1.53 bits per heavy atom. The summed E-state index contributed by atoms with van der Waals surface area (Å²) in [6, 6.07) is 4.56. The summed E-state index contributed by atoms with van der Waals surface area (Å²) in [6.07, 6.45) is 4.17. The number of nitrogens with zero attached hydrogens (tertiary/aromatic N) is 1. The van der Waals surface area contributed by atoms with E-state index in [2.05, 4.69) is 24.2 Å². The molecule has 3 nitrogen and oxygen atoms in total. The molecule has 1 N–H and O–H groups in total. The van der Waals surface area contributed by atoms with Crippen LogP contribution in [0.1, 0.15) is 25.5 Å². The highest BCUT2D eigenvalue weighted by molar-refractivity contribution is 4.97. The summed E-state index contributed by atoms with van der Waals surface area (Å²) in [5.41, 5.74) is 0. The first kappa shape index (κ1) is 12.3. The summed E-state index contributed by atoms with van der Waals surface area (Å²) < 4.78 is 5.33. The van der Waals surface area contributed by atoms with E-state index in [0.29, 0.717) is 6.04 Å². The van der Waals surface area contributed by atoms with Crippen molar-refractivity contribution in [1.29, 1.82) is 0 Å². The van der Waals surface area contributed by atoms with Crippen molar-refractivity contribution in [3.8, 4) is 0 Å². The molecule has 0 fully saturated rings. The molecular weight excluding hydrogens is 188 g/mol. The smallest absolute Gasteiger partial charge is 0.117 e. The Hall–Kier alpha value is -0.800. The van der Waals surface area contributed by atoms with Gasteiger partial charge >= 0.3 is 0 Å². The Morgan fingerprint density at radius 3 is 2.93 bits per heavy atom. The van der Waals surface area contributed by atoms with Crippen molar-refractivity contribution in [1.82, 2.24) is 10.2 Å². The first-order chi connectivity index (χ1) is 7.24. The molecule has 0 aromatic carbocycles. The number of nitrogens with one attached hydrogen (secondary N) is 1. The first-order valence-electron chi connectivity index (χ1n) is 5.61. The molecule has 1 heterocycles. The van der Waals surface area contributed by atoms with Crippen LogP contribution in [0.5, 0.6) is 0 Å². The predicted molar refractivity (Wildman–Crippen MR) is 62.8 cm³/mol. The second kappa shape index (κ2) is 6.64. The second-order valence-corrected chi connectivity index (χ2v) is 4.09. The van der Waals surface area contributed by atoms with Crippen LogP contribution in [0.15, 0.2) is 22.8 Å². The van der Waals surface area contributed by atoms with Gasteiger partial charge in [0.05, 0.1) is 12.8 Å². The van der Waals surface area contributed by atoms with Crippen LogP contribution in [0, 0.1) is 0 Å². The average molecular weight is 210 g/mol. The molecule has 1 rings (SSSR count). The standard InChI is InChI=1S/C12H22N2O/c1-11(6-4-8-13-2)14(3)10-12-7-5-9-15-12/h5,7,9,11,13H,4,6,8,10H2,1-3H3. The first-order valence-corrected chi connectivity index (χ1v) is 5.61. The summed E-state index contributed by atoms with van der Waals surface area (Å²) in [7, 11) is 4.14. The molecular formula is C12H22N2O. The van der Waals surface area contributed by atoms with E-state index in [0.717, 1.165) is 18.8 Å². The van der Waals surface area contributed by atoms with Gasteiger partial charge in [-0.25, -0.2) is 0 Å². The minimum absolute atomic E-state index is 0.600. The van der Waals surface area contributed by atoms with Gasteiger partial charge in [0.15, 0.2) is 0 Å². The third-order valence-corrected chi connectivity index (χ3v) is 2.79. The molecule has 3 heteroatoms. The number of rotatable bonds is 7.